The topological polar surface area (TPSA) is 76.6 Å². The first-order valence-corrected chi connectivity index (χ1v) is 10.6. The van der Waals surface area contributed by atoms with Crippen molar-refractivity contribution in [1.29, 1.82) is 0 Å². The Morgan fingerprint density at radius 1 is 1.21 bits per heavy atom. The highest BCUT2D eigenvalue weighted by molar-refractivity contribution is 7.91. The molecular weight excluding hydrogens is 409 g/mol. The van der Waals surface area contributed by atoms with E-state index in [1.165, 1.54) is 17.0 Å². The molecule has 2 aromatic rings. The van der Waals surface area contributed by atoms with Gasteiger partial charge in [0.2, 0.25) is 11.8 Å². The first kappa shape index (κ1) is 21.1. The number of likely N-dealkylation sites (tertiary alicyclic amines) is 1. The number of halogens is 3. The van der Waals surface area contributed by atoms with Crippen LogP contribution in [0.3, 0.4) is 0 Å². The third kappa shape index (κ3) is 5.47. The number of rotatable bonds is 6. The Balaban J connectivity index is 1.54. The molecule has 1 atom stereocenters. The number of carbonyl (C=O) groups excluding carboxylic acids is 1. The van der Waals surface area contributed by atoms with E-state index in [-0.39, 0.29) is 35.4 Å². The summed E-state index contributed by atoms with van der Waals surface area (Å²) in [4.78, 5) is 17.7. The van der Waals surface area contributed by atoms with Gasteiger partial charge in [-0.3, -0.25) is 4.79 Å². The maximum absolute atomic E-state index is 12.8. The number of hydrogen-bond donors (Lipinski definition) is 0. The van der Waals surface area contributed by atoms with Gasteiger partial charge in [0.25, 0.3) is 0 Å². The Morgan fingerprint density at radius 3 is 2.62 bits per heavy atom. The molecule has 0 radical (unpaired) electrons. The number of ether oxygens (including phenoxy) is 1. The summed E-state index contributed by atoms with van der Waals surface area (Å²) >= 11 is 0. The highest BCUT2D eigenvalue weighted by Gasteiger charge is 2.32. The number of pyridine rings is 1. The fourth-order valence-electron chi connectivity index (χ4n) is 3.00. The molecule has 1 saturated heterocycles. The first-order chi connectivity index (χ1) is 13.6. The molecule has 10 heteroatoms. The molecule has 3 rings (SSSR count). The van der Waals surface area contributed by atoms with Gasteiger partial charge >= 0.3 is 6.18 Å². The van der Waals surface area contributed by atoms with Gasteiger partial charge < -0.3 is 9.64 Å². The molecule has 29 heavy (non-hydrogen) atoms. The second-order valence-corrected chi connectivity index (χ2v) is 8.74. The van der Waals surface area contributed by atoms with Crippen molar-refractivity contribution >= 4 is 15.7 Å². The van der Waals surface area contributed by atoms with Gasteiger partial charge in [-0.2, -0.15) is 13.2 Å². The zero-order valence-corrected chi connectivity index (χ0v) is 16.1. The standard InChI is InChI=1S/C19H19F3N2O4S/c20-19(21,22)14-6-9-23-17(12-14)28-15-7-10-24(13-15)18(25)8-11-29(26,27)16-4-2-1-3-5-16/h1-6,9,12,15H,7-8,10-11,13H2/t15-/m0/s1. The molecule has 0 unspecified atom stereocenters. The Hall–Kier alpha value is -2.62. The number of aromatic nitrogens is 1. The van der Waals surface area contributed by atoms with Crippen LogP contribution >= 0.6 is 0 Å². The van der Waals surface area contributed by atoms with Crippen molar-refractivity contribution in [3.05, 3.63) is 54.2 Å². The molecule has 1 aliphatic rings. The van der Waals surface area contributed by atoms with Crippen molar-refractivity contribution in [2.75, 3.05) is 18.8 Å². The van der Waals surface area contributed by atoms with Crippen molar-refractivity contribution in [3.8, 4) is 5.88 Å². The van der Waals surface area contributed by atoms with E-state index in [0.717, 1.165) is 18.3 Å². The molecule has 1 fully saturated rings. The van der Waals surface area contributed by atoms with E-state index in [9.17, 15) is 26.4 Å². The van der Waals surface area contributed by atoms with Crippen LogP contribution in [-0.2, 0) is 20.8 Å². The maximum atomic E-state index is 12.8. The highest BCUT2D eigenvalue weighted by Crippen LogP contribution is 2.31. The average molecular weight is 428 g/mol. The number of benzene rings is 1. The Labute approximate surface area is 166 Å². The summed E-state index contributed by atoms with van der Waals surface area (Å²) in [5.74, 6) is -0.814. The fourth-order valence-corrected chi connectivity index (χ4v) is 4.25. The third-order valence-corrected chi connectivity index (χ3v) is 6.27. The van der Waals surface area contributed by atoms with Gasteiger partial charge in [0.05, 0.1) is 22.8 Å². The molecule has 2 heterocycles. The smallest absolute Gasteiger partial charge is 0.416 e. The van der Waals surface area contributed by atoms with Gasteiger partial charge in [-0.25, -0.2) is 13.4 Å². The van der Waals surface area contributed by atoms with E-state index in [1.54, 1.807) is 18.2 Å². The summed E-state index contributed by atoms with van der Waals surface area (Å²) in [6, 6.07) is 9.54. The van der Waals surface area contributed by atoms with E-state index in [0.29, 0.717) is 13.0 Å². The second kappa shape index (κ2) is 8.40. The quantitative estimate of drug-likeness (QED) is 0.707. The molecule has 0 N–H and O–H groups in total. The van der Waals surface area contributed by atoms with Gasteiger partial charge in [-0.1, -0.05) is 18.2 Å². The van der Waals surface area contributed by atoms with E-state index in [2.05, 4.69) is 4.98 Å². The lowest BCUT2D eigenvalue weighted by Gasteiger charge is -2.17. The molecule has 1 amide bonds. The van der Waals surface area contributed by atoms with Crippen molar-refractivity contribution in [2.24, 2.45) is 0 Å². The predicted molar refractivity (Wildman–Crippen MR) is 98.0 cm³/mol. The summed E-state index contributed by atoms with van der Waals surface area (Å²) in [5, 5.41) is 0. The highest BCUT2D eigenvalue weighted by atomic mass is 32.2. The van der Waals surface area contributed by atoms with Crippen LogP contribution in [0.15, 0.2) is 53.6 Å². The average Bonchev–Trinajstić information content (AvgIpc) is 3.15. The van der Waals surface area contributed by atoms with Crippen LogP contribution in [0.5, 0.6) is 5.88 Å². The van der Waals surface area contributed by atoms with Crippen LogP contribution in [-0.4, -0.2) is 49.2 Å². The molecule has 1 aliphatic heterocycles. The van der Waals surface area contributed by atoms with Gasteiger partial charge in [0, 0.05) is 31.6 Å². The summed E-state index contributed by atoms with van der Waals surface area (Å²) in [6.07, 6.45) is -3.73. The molecule has 0 saturated carbocycles. The normalized spacial score (nSPS) is 17.3. The van der Waals surface area contributed by atoms with E-state index >= 15 is 0 Å². The number of alkyl halides is 3. The van der Waals surface area contributed by atoms with Crippen molar-refractivity contribution in [3.63, 3.8) is 0 Å². The zero-order valence-electron chi connectivity index (χ0n) is 15.3. The van der Waals surface area contributed by atoms with Crippen LogP contribution in [0, 0.1) is 0 Å². The first-order valence-electron chi connectivity index (χ1n) is 8.90. The van der Waals surface area contributed by atoms with Crippen molar-refractivity contribution < 1.29 is 31.1 Å². The van der Waals surface area contributed by atoms with Gasteiger partial charge in [-0.15, -0.1) is 0 Å². The van der Waals surface area contributed by atoms with Crippen LogP contribution in [0.1, 0.15) is 18.4 Å². The summed E-state index contributed by atoms with van der Waals surface area (Å²) in [7, 11) is -3.56. The maximum Gasteiger partial charge on any atom is 0.416 e. The molecule has 1 aromatic carbocycles. The Kier molecular flexibility index (Phi) is 6.11. The third-order valence-electron chi connectivity index (χ3n) is 4.53. The van der Waals surface area contributed by atoms with E-state index < -0.39 is 27.7 Å². The minimum atomic E-state index is -4.50. The molecule has 0 spiro atoms. The largest absolute Gasteiger partial charge is 0.472 e. The van der Waals surface area contributed by atoms with E-state index in [4.69, 9.17) is 4.74 Å². The lowest BCUT2D eigenvalue weighted by atomic mass is 10.2. The molecule has 1 aromatic heterocycles. The number of nitrogens with zero attached hydrogens (tertiary/aromatic N) is 2. The molecule has 0 aliphatic carbocycles. The summed E-state index contributed by atoms with van der Waals surface area (Å²) in [6.45, 7) is 0.510. The lowest BCUT2D eigenvalue weighted by molar-refractivity contribution is -0.137. The SMILES string of the molecule is O=C(CCS(=O)(=O)c1ccccc1)N1CC[C@H](Oc2cc(C(F)(F)F)ccn2)C1. The Bertz CT molecular complexity index is 965. The van der Waals surface area contributed by atoms with Crippen molar-refractivity contribution in [2.45, 2.75) is 30.0 Å². The molecular formula is C19H19F3N2O4S. The van der Waals surface area contributed by atoms with Gasteiger partial charge in [-0.05, 0) is 18.2 Å². The Morgan fingerprint density at radius 2 is 1.93 bits per heavy atom. The van der Waals surface area contributed by atoms with Crippen molar-refractivity contribution in [1.82, 2.24) is 9.88 Å². The predicted octanol–water partition coefficient (Wildman–Crippen LogP) is 2.94. The van der Waals surface area contributed by atoms with Crippen LogP contribution in [0.25, 0.3) is 0 Å². The number of amides is 1. The van der Waals surface area contributed by atoms with Crippen LogP contribution in [0.2, 0.25) is 0 Å². The minimum Gasteiger partial charge on any atom is -0.472 e. The van der Waals surface area contributed by atoms with E-state index in [1.807, 2.05) is 0 Å². The zero-order chi connectivity index (χ0) is 21.1. The van der Waals surface area contributed by atoms with Gasteiger partial charge in [0.1, 0.15) is 6.10 Å². The number of carbonyl (C=O) groups is 1. The minimum absolute atomic E-state index is 0.158. The number of sulfone groups is 1. The lowest BCUT2D eigenvalue weighted by Crippen LogP contribution is -2.32. The summed E-state index contributed by atoms with van der Waals surface area (Å²) < 4.78 is 68.3. The van der Waals surface area contributed by atoms with Crippen LogP contribution in [0.4, 0.5) is 13.2 Å². The molecule has 6 nitrogen and oxygen atoms in total. The monoisotopic (exact) mass is 428 g/mol. The number of hydrogen-bond acceptors (Lipinski definition) is 5. The summed E-state index contributed by atoms with van der Waals surface area (Å²) in [5.41, 5.74) is -0.862. The molecule has 156 valence electrons. The second-order valence-electron chi connectivity index (χ2n) is 6.63. The van der Waals surface area contributed by atoms with Crippen LogP contribution < -0.4 is 4.74 Å². The van der Waals surface area contributed by atoms with Gasteiger partial charge in [0.15, 0.2) is 9.84 Å². The molecule has 0 bridgehead atoms. The fraction of sp³-hybridized carbons (Fsp3) is 0.368.